The summed E-state index contributed by atoms with van der Waals surface area (Å²) in [6.45, 7) is 1.90. The third-order valence-corrected chi connectivity index (χ3v) is 7.68. The van der Waals surface area contributed by atoms with Gasteiger partial charge in [-0.2, -0.15) is 0 Å². The number of anilines is 2. The molecule has 0 spiro atoms. The number of nitrogens with one attached hydrogen (secondary N) is 1. The van der Waals surface area contributed by atoms with E-state index in [1.54, 1.807) is 4.90 Å². The van der Waals surface area contributed by atoms with Crippen LogP contribution in [0.1, 0.15) is 45.1 Å². The highest BCUT2D eigenvalue weighted by atomic mass is 35.5. The number of amides is 2. The number of carbonyl (C=O) groups is 2. The normalized spacial score (nSPS) is 18.5. The average molecular weight is 496 g/mol. The molecule has 1 unspecified atom stereocenters. The highest BCUT2D eigenvalue weighted by Gasteiger charge is 2.31. The minimum Gasteiger partial charge on any atom is -0.324 e. The van der Waals surface area contributed by atoms with E-state index in [-0.39, 0.29) is 30.0 Å². The van der Waals surface area contributed by atoms with Gasteiger partial charge in [0.25, 0.3) is 0 Å². The van der Waals surface area contributed by atoms with Crippen molar-refractivity contribution in [1.29, 1.82) is 0 Å². The molecule has 2 aliphatic rings. The average Bonchev–Trinajstić information content (AvgIpc) is 3.46. The maximum Gasteiger partial charge on any atom is 0.237 e. The molecule has 3 aromatic rings. The van der Waals surface area contributed by atoms with Crippen molar-refractivity contribution in [3.8, 4) is 11.4 Å². The Morgan fingerprint density at radius 2 is 1.85 bits per heavy atom. The monoisotopic (exact) mass is 495 g/mol. The summed E-state index contributed by atoms with van der Waals surface area (Å²) in [5, 5.41) is 13.2. The molecule has 1 aromatic heterocycles. The van der Waals surface area contributed by atoms with E-state index in [0.717, 1.165) is 47.9 Å². The number of thioether (sulfide) groups is 1. The smallest absolute Gasteiger partial charge is 0.237 e. The van der Waals surface area contributed by atoms with E-state index in [1.165, 1.54) is 11.8 Å². The molecular weight excluding hydrogens is 470 g/mol. The van der Waals surface area contributed by atoms with E-state index < -0.39 is 0 Å². The Bertz CT molecular complexity index is 1220. The number of benzene rings is 2. The van der Waals surface area contributed by atoms with E-state index in [1.807, 2.05) is 55.5 Å². The molecule has 1 aliphatic heterocycles. The maximum absolute atomic E-state index is 13.5. The highest BCUT2D eigenvalue weighted by molar-refractivity contribution is 7.99. The second-order valence-corrected chi connectivity index (χ2v) is 10.1. The number of halogens is 1. The number of rotatable bonds is 5. The lowest BCUT2D eigenvalue weighted by molar-refractivity contribution is -0.117. The maximum atomic E-state index is 13.5. The van der Waals surface area contributed by atoms with Crippen molar-refractivity contribution < 1.29 is 9.59 Å². The van der Waals surface area contributed by atoms with Crippen LogP contribution in [0, 0.1) is 0 Å². The molecule has 2 aromatic carbocycles. The van der Waals surface area contributed by atoms with E-state index in [2.05, 4.69) is 20.1 Å². The van der Waals surface area contributed by atoms with Gasteiger partial charge in [0.1, 0.15) is 0 Å². The lowest BCUT2D eigenvalue weighted by atomic mass is 10.2. The van der Waals surface area contributed by atoms with Crippen LogP contribution < -0.4 is 10.2 Å². The van der Waals surface area contributed by atoms with E-state index >= 15 is 0 Å². The molecule has 7 nitrogen and oxygen atoms in total. The molecule has 0 bridgehead atoms. The van der Waals surface area contributed by atoms with Gasteiger partial charge < -0.3 is 10.2 Å². The Balaban J connectivity index is 1.43. The van der Waals surface area contributed by atoms with Crippen molar-refractivity contribution in [3.63, 3.8) is 0 Å². The number of hydrogen-bond acceptors (Lipinski definition) is 5. The number of nitrogens with zero attached hydrogens (tertiary/aromatic N) is 4. The van der Waals surface area contributed by atoms with Gasteiger partial charge in [0.05, 0.1) is 22.2 Å². The Labute approximate surface area is 207 Å². The van der Waals surface area contributed by atoms with Gasteiger partial charge in [-0.1, -0.05) is 60.5 Å². The molecule has 0 saturated heterocycles. The van der Waals surface area contributed by atoms with Crippen LogP contribution in [-0.4, -0.2) is 38.4 Å². The minimum atomic E-state index is -0.247. The highest BCUT2D eigenvalue weighted by Crippen LogP contribution is 2.39. The zero-order valence-electron chi connectivity index (χ0n) is 18.9. The quantitative estimate of drug-likeness (QED) is 0.468. The molecule has 9 heteroatoms. The zero-order chi connectivity index (χ0) is 23.7. The molecule has 1 atom stereocenters. The number of para-hydroxylation sites is 2. The largest absolute Gasteiger partial charge is 0.324 e. The van der Waals surface area contributed by atoms with Gasteiger partial charge in [0, 0.05) is 24.1 Å². The van der Waals surface area contributed by atoms with Gasteiger partial charge in [-0.05, 0) is 44.0 Å². The van der Waals surface area contributed by atoms with Crippen LogP contribution in [0.5, 0.6) is 0 Å². The molecule has 1 N–H and O–H groups in total. The van der Waals surface area contributed by atoms with Crippen LogP contribution in [0.25, 0.3) is 11.4 Å². The second-order valence-electron chi connectivity index (χ2n) is 8.77. The lowest BCUT2D eigenvalue weighted by Gasteiger charge is -2.27. The van der Waals surface area contributed by atoms with E-state index in [4.69, 9.17) is 11.6 Å². The first-order chi connectivity index (χ1) is 16.5. The predicted octanol–water partition coefficient (Wildman–Crippen LogP) is 5.57. The van der Waals surface area contributed by atoms with Crippen molar-refractivity contribution in [2.24, 2.45) is 0 Å². The van der Waals surface area contributed by atoms with Gasteiger partial charge in [0.2, 0.25) is 11.8 Å². The number of carbonyl (C=O) groups excluding carboxylic acids is 2. The van der Waals surface area contributed by atoms with Gasteiger partial charge >= 0.3 is 0 Å². The van der Waals surface area contributed by atoms with Crippen LogP contribution >= 0.6 is 23.4 Å². The van der Waals surface area contributed by atoms with Gasteiger partial charge in [0.15, 0.2) is 11.0 Å². The van der Waals surface area contributed by atoms with Crippen LogP contribution in [0.3, 0.4) is 0 Å². The van der Waals surface area contributed by atoms with Crippen LogP contribution in [-0.2, 0) is 9.59 Å². The summed E-state index contributed by atoms with van der Waals surface area (Å²) in [6.07, 6.45) is 4.69. The van der Waals surface area contributed by atoms with E-state index in [0.29, 0.717) is 16.8 Å². The lowest BCUT2D eigenvalue weighted by Crippen LogP contribution is -2.40. The van der Waals surface area contributed by atoms with Gasteiger partial charge in [-0.3, -0.25) is 14.2 Å². The Kier molecular flexibility index (Phi) is 6.61. The van der Waals surface area contributed by atoms with Crippen molar-refractivity contribution in [1.82, 2.24) is 14.8 Å². The fourth-order valence-corrected chi connectivity index (χ4v) is 5.94. The Morgan fingerprint density at radius 1 is 1.12 bits per heavy atom. The molecule has 0 radical (unpaired) electrons. The third-order valence-electron chi connectivity index (χ3n) is 6.42. The molecule has 1 saturated carbocycles. The third kappa shape index (κ3) is 4.44. The Morgan fingerprint density at radius 3 is 2.65 bits per heavy atom. The van der Waals surface area contributed by atoms with Gasteiger partial charge in [-0.25, -0.2) is 0 Å². The summed E-state index contributed by atoms with van der Waals surface area (Å²) in [5.41, 5.74) is 2.23. The van der Waals surface area contributed by atoms with Crippen molar-refractivity contribution in [3.05, 3.63) is 53.6 Å². The van der Waals surface area contributed by atoms with Crippen molar-refractivity contribution >= 4 is 46.6 Å². The molecule has 1 fully saturated rings. The summed E-state index contributed by atoms with van der Waals surface area (Å²) in [4.78, 5) is 27.5. The molecule has 2 heterocycles. The number of hydrogen-bond donors (Lipinski definition) is 1. The number of aromatic nitrogens is 3. The summed E-state index contributed by atoms with van der Waals surface area (Å²) in [6, 6.07) is 15.1. The van der Waals surface area contributed by atoms with Crippen LogP contribution in [0.4, 0.5) is 11.4 Å². The molecule has 2 amide bonds. The van der Waals surface area contributed by atoms with E-state index in [9.17, 15) is 9.59 Å². The van der Waals surface area contributed by atoms with Gasteiger partial charge in [-0.15, -0.1) is 10.2 Å². The van der Waals surface area contributed by atoms with Crippen LogP contribution in [0.2, 0.25) is 5.02 Å². The van der Waals surface area contributed by atoms with Crippen molar-refractivity contribution in [2.75, 3.05) is 16.0 Å². The second kappa shape index (κ2) is 9.80. The first kappa shape index (κ1) is 22.9. The SMILES string of the molecule is CC1CC(=O)Nc2ccccc2N1C(=O)CSc1nnc(-c2ccccc2Cl)n1C1CCCC1. The fourth-order valence-electron chi connectivity index (χ4n) is 4.86. The summed E-state index contributed by atoms with van der Waals surface area (Å²) < 4.78 is 2.16. The predicted molar refractivity (Wildman–Crippen MR) is 135 cm³/mol. The fraction of sp³-hybridized carbons (Fsp3) is 0.360. The first-order valence-corrected chi connectivity index (χ1v) is 12.9. The zero-order valence-corrected chi connectivity index (χ0v) is 20.5. The van der Waals surface area contributed by atoms with Crippen molar-refractivity contribution in [2.45, 2.75) is 56.3 Å². The summed E-state index contributed by atoms with van der Waals surface area (Å²) >= 11 is 7.88. The topological polar surface area (TPSA) is 80.1 Å². The summed E-state index contributed by atoms with van der Waals surface area (Å²) in [5.74, 6) is 0.783. The van der Waals surface area contributed by atoms with Crippen LogP contribution in [0.15, 0.2) is 53.7 Å². The molecule has 34 heavy (non-hydrogen) atoms. The molecule has 1 aliphatic carbocycles. The summed E-state index contributed by atoms with van der Waals surface area (Å²) in [7, 11) is 0. The Hall–Kier alpha value is -2.84. The molecule has 176 valence electrons. The number of fused-ring (bicyclic) bond motifs is 1. The first-order valence-electron chi connectivity index (χ1n) is 11.6. The standard InChI is InChI=1S/C25H26ClN5O2S/c1-16-14-22(32)27-20-12-6-7-13-21(20)30(16)23(33)15-34-25-29-28-24(18-10-4-5-11-19(18)26)31(25)17-8-2-3-9-17/h4-7,10-13,16-17H,2-3,8-9,14-15H2,1H3,(H,27,32). The minimum absolute atomic E-state index is 0.0679. The molecular formula is C25H26ClN5O2S. The molecule has 5 rings (SSSR count).